The number of fused-ring (bicyclic) bond motifs is 8. The van der Waals surface area contributed by atoms with Crippen LogP contribution in [-0.4, -0.2) is 29.9 Å². The minimum absolute atomic E-state index is 0.534. The summed E-state index contributed by atoms with van der Waals surface area (Å²) in [7, 11) is 0. The highest BCUT2D eigenvalue weighted by Crippen LogP contribution is 2.47. The highest BCUT2D eigenvalue weighted by Gasteiger charge is 2.24. The van der Waals surface area contributed by atoms with E-state index in [4.69, 9.17) is 38.7 Å². The predicted molar refractivity (Wildman–Crippen MR) is 433 cm³/mol. The van der Waals surface area contributed by atoms with Crippen molar-refractivity contribution < 1.29 is 8.83 Å². The van der Waals surface area contributed by atoms with Crippen LogP contribution in [0.5, 0.6) is 0 Å². The van der Waals surface area contributed by atoms with Gasteiger partial charge in [0.15, 0.2) is 34.9 Å². The zero-order valence-corrected chi connectivity index (χ0v) is 57.1. The summed E-state index contributed by atoms with van der Waals surface area (Å²) in [6.45, 7) is 0. The molecule has 0 aliphatic heterocycles. The monoisotopic (exact) mass is 1350 g/mol. The van der Waals surface area contributed by atoms with Crippen molar-refractivity contribution in [1.29, 1.82) is 0 Å². The molecule has 0 N–H and O–H groups in total. The molecule has 20 rings (SSSR count). The topological polar surface area (TPSA) is 104 Å². The van der Waals surface area contributed by atoms with E-state index in [1.165, 1.54) is 11.1 Å². The molecule has 0 saturated carbocycles. The van der Waals surface area contributed by atoms with Crippen LogP contribution in [0.3, 0.4) is 0 Å². The third-order valence-electron chi connectivity index (χ3n) is 20.4. The summed E-state index contributed by atoms with van der Waals surface area (Å²) in [5.41, 5.74) is 23.9. The van der Waals surface area contributed by atoms with Crippen LogP contribution in [0.2, 0.25) is 0 Å². The lowest BCUT2D eigenvalue weighted by molar-refractivity contribution is 0.669. The van der Waals surface area contributed by atoms with Crippen LogP contribution in [0, 0.1) is 0 Å². The standard InChI is InChI=1S/C98H60N6O2/c1-4-24-63(25-5-1)73-34-10-11-35-74(73)69-56-57-75(68-30-20-32-71(58-68)95-99-93(66-26-6-2-7-27-66)101-97(103-95)84-44-22-42-82-76-36-16-18-46-87(76)105-91(82)84)86(60-69)64-52-48-61(49-53-64)62-50-54-65(55-51-62)89-78-38-12-14-40-80(78)90(81-41-15-13-39-79(81)89)70-31-21-33-72(59-70)96-100-94(67-28-8-3-9-29-67)102-98(104-96)85-45-23-43-83-77-37-17-19-47-88(77)106-92(83)85/h1-60H. The van der Waals surface area contributed by atoms with Crippen molar-refractivity contribution in [2.75, 3.05) is 0 Å². The fourth-order valence-electron chi connectivity index (χ4n) is 15.4. The SMILES string of the molecule is c1ccc(-c2nc(-c3cccc(-c4ccc(-c5ccccc5-c5ccccc5)cc4-c4ccc(-c5ccc(-c6c7ccccc7c(-c7cccc(-c8nc(-c9ccccc9)nc(-c9cccc%10c9oc9ccccc9%10)n8)c7)c7ccccc67)cc5)cc4)c3)nc(-c3cccc4c3oc3ccccc34)n2)cc1. The van der Waals surface area contributed by atoms with Crippen molar-refractivity contribution in [3.63, 3.8) is 0 Å². The molecule has 20 aromatic rings. The van der Waals surface area contributed by atoms with Gasteiger partial charge in [-0.3, -0.25) is 0 Å². The third kappa shape index (κ3) is 11.0. The Bertz CT molecular complexity index is 6750. The molecule has 0 aliphatic rings. The Morgan fingerprint density at radius 3 is 0.943 bits per heavy atom. The van der Waals surface area contributed by atoms with Gasteiger partial charge >= 0.3 is 0 Å². The molecule has 0 spiro atoms. The molecule has 4 aromatic heterocycles. The molecule has 494 valence electrons. The lowest BCUT2D eigenvalue weighted by Gasteiger charge is -2.18. The first-order valence-electron chi connectivity index (χ1n) is 35.6. The van der Waals surface area contributed by atoms with Crippen molar-refractivity contribution in [1.82, 2.24) is 29.9 Å². The summed E-state index contributed by atoms with van der Waals surface area (Å²) in [5, 5.41) is 8.73. The molecule has 0 unspecified atom stereocenters. The minimum Gasteiger partial charge on any atom is -0.455 e. The van der Waals surface area contributed by atoms with Gasteiger partial charge in [0.1, 0.15) is 22.3 Å². The van der Waals surface area contributed by atoms with Gasteiger partial charge in [0.05, 0.1) is 11.1 Å². The van der Waals surface area contributed by atoms with Crippen LogP contribution in [0.15, 0.2) is 373 Å². The number of hydrogen-bond donors (Lipinski definition) is 0. The number of nitrogens with zero attached hydrogens (tertiary/aromatic N) is 6. The number of benzene rings is 16. The molecule has 8 nitrogen and oxygen atoms in total. The highest BCUT2D eigenvalue weighted by molar-refractivity contribution is 6.22. The zero-order valence-electron chi connectivity index (χ0n) is 57.1. The summed E-state index contributed by atoms with van der Waals surface area (Å²) in [6.07, 6.45) is 0. The maximum atomic E-state index is 6.57. The molecule has 0 amide bonds. The highest BCUT2D eigenvalue weighted by atomic mass is 16.3. The van der Waals surface area contributed by atoms with E-state index in [0.29, 0.717) is 34.9 Å². The van der Waals surface area contributed by atoms with Crippen molar-refractivity contribution in [2.24, 2.45) is 0 Å². The quantitative estimate of drug-likeness (QED) is 0.105. The smallest absolute Gasteiger partial charge is 0.167 e. The first kappa shape index (κ1) is 61.5. The van der Waals surface area contributed by atoms with Gasteiger partial charge in [-0.1, -0.05) is 322 Å². The van der Waals surface area contributed by atoms with Crippen LogP contribution in [0.25, 0.3) is 212 Å². The number of para-hydroxylation sites is 4. The van der Waals surface area contributed by atoms with E-state index in [-0.39, 0.29) is 0 Å². The molecule has 106 heavy (non-hydrogen) atoms. The maximum Gasteiger partial charge on any atom is 0.167 e. The molecule has 4 heterocycles. The second-order valence-electron chi connectivity index (χ2n) is 26.7. The summed E-state index contributed by atoms with van der Waals surface area (Å²) in [6, 6.07) is 128. The van der Waals surface area contributed by atoms with Gasteiger partial charge in [-0.15, -0.1) is 0 Å². The van der Waals surface area contributed by atoms with E-state index >= 15 is 0 Å². The number of hydrogen-bond acceptors (Lipinski definition) is 8. The molecule has 0 radical (unpaired) electrons. The average Bonchev–Trinajstić information content (AvgIpc) is 0.920. The van der Waals surface area contributed by atoms with Crippen LogP contribution in [0.1, 0.15) is 0 Å². The van der Waals surface area contributed by atoms with Gasteiger partial charge in [0.25, 0.3) is 0 Å². The average molecular weight is 1350 g/mol. The Hall–Kier alpha value is -14.3. The van der Waals surface area contributed by atoms with Gasteiger partial charge in [-0.25, -0.2) is 29.9 Å². The third-order valence-corrected chi connectivity index (χ3v) is 20.4. The molecule has 8 heteroatoms. The molecule has 0 fully saturated rings. The Morgan fingerprint density at radius 2 is 0.443 bits per heavy atom. The molecular weight excluding hydrogens is 1290 g/mol. The lowest BCUT2D eigenvalue weighted by atomic mass is 9.85. The molecule has 0 bridgehead atoms. The van der Waals surface area contributed by atoms with E-state index in [9.17, 15) is 0 Å². The van der Waals surface area contributed by atoms with Crippen molar-refractivity contribution >= 4 is 65.4 Å². The van der Waals surface area contributed by atoms with Gasteiger partial charge in [0, 0.05) is 43.8 Å². The molecular formula is C98H60N6O2. The van der Waals surface area contributed by atoms with Crippen molar-refractivity contribution in [3.05, 3.63) is 364 Å². The largest absolute Gasteiger partial charge is 0.455 e. The number of furan rings is 2. The second kappa shape index (κ2) is 25.9. The van der Waals surface area contributed by atoms with Gasteiger partial charge < -0.3 is 8.83 Å². The Labute approximate surface area is 610 Å². The Balaban J connectivity index is 0.661. The zero-order chi connectivity index (χ0) is 70.0. The van der Waals surface area contributed by atoms with Crippen LogP contribution < -0.4 is 0 Å². The first-order chi connectivity index (χ1) is 52.5. The van der Waals surface area contributed by atoms with Gasteiger partial charge in [-0.05, 0) is 142 Å². The van der Waals surface area contributed by atoms with E-state index < -0.39 is 0 Å². The normalized spacial score (nSPS) is 11.6. The summed E-state index contributed by atoms with van der Waals surface area (Å²) < 4.78 is 13.1. The summed E-state index contributed by atoms with van der Waals surface area (Å²) in [5.74, 6) is 3.36. The Kier molecular flexibility index (Phi) is 15.0. The molecule has 0 saturated heterocycles. The van der Waals surface area contributed by atoms with Gasteiger partial charge in [0.2, 0.25) is 0 Å². The summed E-state index contributed by atoms with van der Waals surface area (Å²) >= 11 is 0. The number of rotatable bonds is 13. The molecule has 0 aliphatic carbocycles. The first-order valence-corrected chi connectivity index (χ1v) is 35.6. The predicted octanol–water partition coefficient (Wildman–Crippen LogP) is 25.8. The molecule has 0 atom stereocenters. The second-order valence-corrected chi connectivity index (χ2v) is 26.7. The van der Waals surface area contributed by atoms with Gasteiger partial charge in [-0.2, -0.15) is 0 Å². The lowest BCUT2D eigenvalue weighted by Crippen LogP contribution is -2.00. The number of aromatic nitrogens is 6. The van der Waals surface area contributed by atoms with Crippen LogP contribution >= 0.6 is 0 Å². The van der Waals surface area contributed by atoms with Crippen LogP contribution in [0.4, 0.5) is 0 Å². The van der Waals surface area contributed by atoms with E-state index in [1.807, 2.05) is 121 Å². The minimum atomic E-state index is 0.534. The Morgan fingerprint density at radius 1 is 0.151 bits per heavy atom. The fraction of sp³-hybridized carbons (Fsp3) is 0. The van der Waals surface area contributed by atoms with Crippen molar-refractivity contribution in [2.45, 2.75) is 0 Å². The van der Waals surface area contributed by atoms with Crippen LogP contribution in [-0.2, 0) is 0 Å². The molecule has 16 aromatic carbocycles. The van der Waals surface area contributed by atoms with Crippen molar-refractivity contribution in [3.8, 4) is 146 Å². The summed E-state index contributed by atoms with van der Waals surface area (Å²) in [4.78, 5) is 31.2. The van der Waals surface area contributed by atoms with E-state index in [0.717, 1.165) is 166 Å². The van der Waals surface area contributed by atoms with E-state index in [1.54, 1.807) is 0 Å². The maximum absolute atomic E-state index is 6.57. The van der Waals surface area contributed by atoms with E-state index in [2.05, 4.69) is 243 Å². The fourth-order valence-corrected chi connectivity index (χ4v) is 15.4.